The van der Waals surface area contributed by atoms with Gasteiger partial charge in [-0.1, -0.05) is 6.07 Å². The number of nitrogens with zero attached hydrogens (tertiary/aromatic N) is 3. The van der Waals surface area contributed by atoms with Crippen molar-refractivity contribution in [2.45, 2.75) is 13.5 Å². The van der Waals surface area contributed by atoms with Crippen molar-refractivity contribution in [3.63, 3.8) is 0 Å². The zero-order valence-corrected chi connectivity index (χ0v) is 15.9. The van der Waals surface area contributed by atoms with Gasteiger partial charge in [0.05, 0.1) is 26.5 Å². The molecule has 0 bridgehead atoms. The van der Waals surface area contributed by atoms with E-state index in [1.54, 1.807) is 45.5 Å². The van der Waals surface area contributed by atoms with Crippen LogP contribution in [0.1, 0.15) is 22.0 Å². The number of benzene rings is 1. The number of ether oxygens (including phenoxy) is 2. The topological polar surface area (TPSA) is 98.3 Å². The fraction of sp³-hybridized carbons (Fsp3) is 0.200. The first-order valence-electron chi connectivity index (χ1n) is 8.62. The third-order valence-electron chi connectivity index (χ3n) is 3.88. The highest BCUT2D eigenvalue weighted by Gasteiger charge is 2.12. The number of hydrogen-bond acceptors (Lipinski definition) is 7. The van der Waals surface area contributed by atoms with E-state index in [1.807, 2.05) is 24.3 Å². The molecule has 144 valence electrons. The molecule has 2 heterocycles. The van der Waals surface area contributed by atoms with Gasteiger partial charge in [0.1, 0.15) is 17.3 Å². The van der Waals surface area contributed by atoms with Gasteiger partial charge in [0.15, 0.2) is 11.5 Å². The lowest BCUT2D eigenvalue weighted by Gasteiger charge is -2.12. The number of amides is 1. The van der Waals surface area contributed by atoms with E-state index in [4.69, 9.17) is 9.47 Å². The van der Waals surface area contributed by atoms with Crippen molar-refractivity contribution in [2.24, 2.45) is 0 Å². The van der Waals surface area contributed by atoms with Crippen molar-refractivity contribution >= 4 is 17.4 Å². The predicted molar refractivity (Wildman–Crippen MR) is 105 cm³/mol. The molecule has 0 spiro atoms. The van der Waals surface area contributed by atoms with Gasteiger partial charge < -0.3 is 20.1 Å². The Labute approximate surface area is 163 Å². The minimum absolute atomic E-state index is 0.270. The van der Waals surface area contributed by atoms with Gasteiger partial charge in [-0.25, -0.2) is 9.97 Å². The quantitative estimate of drug-likeness (QED) is 0.651. The Kier molecular flexibility index (Phi) is 6.01. The lowest BCUT2D eigenvalue weighted by Crippen LogP contribution is -2.24. The first kappa shape index (κ1) is 19.1. The van der Waals surface area contributed by atoms with Crippen LogP contribution in [0.4, 0.5) is 11.5 Å². The number of carbonyl (C=O) groups is 1. The number of nitrogens with one attached hydrogen (secondary N) is 2. The molecular weight excluding hydrogens is 358 g/mol. The molecule has 3 aromatic rings. The highest BCUT2D eigenvalue weighted by atomic mass is 16.5. The number of aromatic nitrogens is 3. The van der Waals surface area contributed by atoms with E-state index in [9.17, 15) is 4.79 Å². The molecule has 0 aliphatic heterocycles. The van der Waals surface area contributed by atoms with Crippen molar-refractivity contribution < 1.29 is 14.3 Å². The molecule has 0 atom stereocenters. The van der Waals surface area contributed by atoms with E-state index in [0.717, 1.165) is 11.4 Å². The normalized spacial score (nSPS) is 10.2. The van der Waals surface area contributed by atoms with Gasteiger partial charge in [0.25, 0.3) is 5.91 Å². The van der Waals surface area contributed by atoms with Crippen molar-refractivity contribution in [1.29, 1.82) is 0 Å². The molecule has 28 heavy (non-hydrogen) atoms. The van der Waals surface area contributed by atoms with Crippen LogP contribution < -0.4 is 20.1 Å². The summed E-state index contributed by atoms with van der Waals surface area (Å²) < 4.78 is 10.5. The second-order valence-electron chi connectivity index (χ2n) is 5.88. The van der Waals surface area contributed by atoms with E-state index in [0.29, 0.717) is 29.7 Å². The van der Waals surface area contributed by atoms with Crippen LogP contribution in [-0.2, 0) is 6.54 Å². The Morgan fingerprint density at radius 3 is 2.57 bits per heavy atom. The lowest BCUT2D eigenvalue weighted by atomic mass is 10.2. The van der Waals surface area contributed by atoms with Crippen molar-refractivity contribution in [3.8, 4) is 11.5 Å². The molecule has 1 aromatic carbocycles. The molecule has 2 aromatic heterocycles. The van der Waals surface area contributed by atoms with Crippen LogP contribution in [0.2, 0.25) is 0 Å². The van der Waals surface area contributed by atoms with Gasteiger partial charge in [0.2, 0.25) is 0 Å². The Morgan fingerprint density at radius 2 is 1.86 bits per heavy atom. The minimum atomic E-state index is -0.300. The second kappa shape index (κ2) is 8.81. The zero-order chi connectivity index (χ0) is 19.9. The smallest absolute Gasteiger partial charge is 0.270 e. The minimum Gasteiger partial charge on any atom is -0.493 e. The summed E-state index contributed by atoms with van der Waals surface area (Å²) in [5, 5.41) is 5.97. The monoisotopic (exact) mass is 379 g/mol. The van der Waals surface area contributed by atoms with Gasteiger partial charge in [-0.2, -0.15) is 0 Å². The lowest BCUT2D eigenvalue weighted by molar-refractivity contribution is 0.0945. The Bertz CT molecular complexity index is 963. The molecule has 0 aliphatic carbocycles. The number of methoxy groups -OCH3 is 2. The number of aryl methyl sites for hydroxylation is 1. The number of anilines is 2. The summed E-state index contributed by atoms with van der Waals surface area (Å²) in [6.45, 7) is 2.05. The fourth-order valence-electron chi connectivity index (χ4n) is 2.57. The van der Waals surface area contributed by atoms with Gasteiger partial charge in [-0.05, 0) is 31.2 Å². The molecule has 0 radical (unpaired) electrons. The number of carbonyl (C=O) groups excluding carboxylic acids is 1. The molecule has 8 nitrogen and oxygen atoms in total. The van der Waals surface area contributed by atoms with Crippen LogP contribution in [0, 0.1) is 6.92 Å². The molecule has 8 heteroatoms. The molecule has 1 amide bonds. The van der Waals surface area contributed by atoms with Gasteiger partial charge >= 0.3 is 0 Å². The summed E-state index contributed by atoms with van der Waals surface area (Å²) >= 11 is 0. The zero-order valence-electron chi connectivity index (χ0n) is 15.9. The van der Waals surface area contributed by atoms with Crippen LogP contribution in [0.3, 0.4) is 0 Å². The third-order valence-corrected chi connectivity index (χ3v) is 3.88. The molecule has 3 rings (SSSR count). The maximum absolute atomic E-state index is 12.5. The van der Waals surface area contributed by atoms with E-state index in [-0.39, 0.29) is 11.6 Å². The molecule has 0 unspecified atom stereocenters. The van der Waals surface area contributed by atoms with Crippen LogP contribution in [0.5, 0.6) is 11.5 Å². The maximum atomic E-state index is 12.5. The summed E-state index contributed by atoms with van der Waals surface area (Å²) in [6.07, 6.45) is 1.68. The number of pyridine rings is 1. The number of hydrogen-bond donors (Lipinski definition) is 2. The summed E-state index contributed by atoms with van der Waals surface area (Å²) in [4.78, 5) is 25.2. The summed E-state index contributed by atoms with van der Waals surface area (Å²) in [5.41, 5.74) is 1.78. The van der Waals surface area contributed by atoms with E-state index >= 15 is 0 Å². The maximum Gasteiger partial charge on any atom is 0.270 e. The first-order chi connectivity index (χ1) is 13.6. The standard InChI is InChI=1S/C20H21N5O3/c1-13-23-16(20(26)22-12-15-6-4-5-9-21-15)11-19(24-13)25-14-7-8-17(27-2)18(10-14)28-3/h4-11H,12H2,1-3H3,(H,22,26)(H,23,24,25). The summed E-state index contributed by atoms with van der Waals surface area (Å²) in [5.74, 6) is 1.90. The molecule has 0 saturated heterocycles. The van der Waals surface area contributed by atoms with Crippen molar-refractivity contribution in [1.82, 2.24) is 20.3 Å². The molecule has 0 fully saturated rings. The number of rotatable bonds is 7. The fourth-order valence-corrected chi connectivity index (χ4v) is 2.57. The Hall–Kier alpha value is -3.68. The largest absolute Gasteiger partial charge is 0.493 e. The van der Waals surface area contributed by atoms with E-state index < -0.39 is 0 Å². The van der Waals surface area contributed by atoms with E-state index in [1.165, 1.54) is 0 Å². The van der Waals surface area contributed by atoms with Gasteiger partial charge in [-0.3, -0.25) is 9.78 Å². The summed E-state index contributed by atoms with van der Waals surface area (Å²) in [7, 11) is 3.15. The Morgan fingerprint density at radius 1 is 1.04 bits per heavy atom. The van der Waals surface area contributed by atoms with Crippen LogP contribution in [-0.4, -0.2) is 35.1 Å². The van der Waals surface area contributed by atoms with Gasteiger partial charge in [-0.15, -0.1) is 0 Å². The first-order valence-corrected chi connectivity index (χ1v) is 8.62. The molecule has 2 N–H and O–H groups in total. The van der Waals surface area contributed by atoms with Crippen molar-refractivity contribution in [3.05, 3.63) is 65.9 Å². The average molecular weight is 379 g/mol. The highest BCUT2D eigenvalue weighted by Crippen LogP contribution is 2.30. The third kappa shape index (κ3) is 4.73. The van der Waals surface area contributed by atoms with Crippen molar-refractivity contribution in [2.75, 3.05) is 19.5 Å². The molecular formula is C20H21N5O3. The second-order valence-corrected chi connectivity index (χ2v) is 5.88. The van der Waals surface area contributed by atoms with E-state index in [2.05, 4.69) is 25.6 Å². The van der Waals surface area contributed by atoms with Crippen LogP contribution in [0.25, 0.3) is 0 Å². The predicted octanol–water partition coefficient (Wildman–Crippen LogP) is 2.87. The van der Waals surface area contributed by atoms with Crippen LogP contribution >= 0.6 is 0 Å². The molecule has 0 saturated carbocycles. The summed E-state index contributed by atoms with van der Waals surface area (Å²) in [6, 6.07) is 12.5. The SMILES string of the molecule is COc1ccc(Nc2cc(C(=O)NCc3ccccn3)nc(C)n2)cc1OC. The Balaban J connectivity index is 1.75. The molecule has 0 aliphatic rings. The van der Waals surface area contributed by atoms with Gasteiger partial charge in [0, 0.05) is 24.0 Å². The average Bonchev–Trinajstić information content (AvgIpc) is 2.72. The van der Waals surface area contributed by atoms with Crippen LogP contribution in [0.15, 0.2) is 48.7 Å². The highest BCUT2D eigenvalue weighted by molar-refractivity contribution is 5.93.